The lowest BCUT2D eigenvalue weighted by molar-refractivity contribution is -0.116. The molecule has 0 aliphatic rings. The zero-order valence-corrected chi connectivity index (χ0v) is 13.8. The molecule has 0 bridgehead atoms. The Morgan fingerprint density at radius 3 is 2.78 bits per heavy atom. The molecule has 0 saturated heterocycles. The van der Waals surface area contributed by atoms with Gasteiger partial charge in [0.05, 0.1) is 17.6 Å². The highest BCUT2D eigenvalue weighted by Gasteiger charge is 2.09. The predicted octanol–water partition coefficient (Wildman–Crippen LogP) is 3.50. The molecule has 3 rings (SSSR count). The average Bonchev–Trinajstić information content (AvgIpc) is 2.81. The minimum absolute atomic E-state index is 0.0392. The summed E-state index contributed by atoms with van der Waals surface area (Å²) in [7, 11) is 1.85. The molecule has 0 aliphatic carbocycles. The average molecular weight is 329 g/mol. The Labute approximate surface area is 139 Å². The van der Waals surface area contributed by atoms with Crippen molar-refractivity contribution in [3.05, 3.63) is 52.8 Å². The van der Waals surface area contributed by atoms with Crippen LogP contribution in [0.1, 0.15) is 17.7 Å². The fraction of sp³-hybridized carbons (Fsp3) is 0.235. The number of aromatic nitrogens is 3. The van der Waals surface area contributed by atoms with Gasteiger partial charge in [0, 0.05) is 23.9 Å². The van der Waals surface area contributed by atoms with Crippen molar-refractivity contribution in [1.82, 2.24) is 14.8 Å². The van der Waals surface area contributed by atoms with Crippen molar-refractivity contribution in [2.75, 3.05) is 5.32 Å². The van der Waals surface area contributed by atoms with Crippen LogP contribution in [-0.4, -0.2) is 20.7 Å². The van der Waals surface area contributed by atoms with Gasteiger partial charge in [0.15, 0.2) is 5.65 Å². The molecule has 23 heavy (non-hydrogen) atoms. The number of nitrogens with one attached hydrogen (secondary N) is 1. The number of carbonyl (C=O) groups is 1. The Kier molecular flexibility index (Phi) is 4.30. The SMILES string of the molecule is Cc1nn(C)c2ncc(NC(=O)CCc3ccc(Cl)cc3)cc12. The summed E-state index contributed by atoms with van der Waals surface area (Å²) in [5.74, 6) is -0.0392. The third-order valence-electron chi connectivity index (χ3n) is 3.70. The zero-order valence-electron chi connectivity index (χ0n) is 13.0. The van der Waals surface area contributed by atoms with E-state index in [-0.39, 0.29) is 5.91 Å². The first-order chi connectivity index (χ1) is 11.0. The summed E-state index contributed by atoms with van der Waals surface area (Å²) in [6.45, 7) is 1.93. The third-order valence-corrected chi connectivity index (χ3v) is 3.95. The second-order valence-electron chi connectivity index (χ2n) is 5.48. The second kappa shape index (κ2) is 6.38. The third kappa shape index (κ3) is 3.51. The van der Waals surface area contributed by atoms with E-state index < -0.39 is 0 Å². The number of rotatable bonds is 4. The summed E-state index contributed by atoms with van der Waals surface area (Å²) in [6.07, 6.45) is 2.74. The van der Waals surface area contributed by atoms with E-state index in [2.05, 4.69) is 15.4 Å². The maximum Gasteiger partial charge on any atom is 0.224 e. The van der Waals surface area contributed by atoms with E-state index in [4.69, 9.17) is 11.6 Å². The highest BCUT2D eigenvalue weighted by Crippen LogP contribution is 2.19. The molecular weight excluding hydrogens is 312 g/mol. The van der Waals surface area contributed by atoms with E-state index in [1.54, 1.807) is 10.9 Å². The lowest BCUT2D eigenvalue weighted by Gasteiger charge is -2.06. The van der Waals surface area contributed by atoms with Crippen LogP contribution in [-0.2, 0) is 18.3 Å². The maximum absolute atomic E-state index is 12.1. The van der Waals surface area contributed by atoms with E-state index in [9.17, 15) is 4.79 Å². The van der Waals surface area contributed by atoms with Gasteiger partial charge in [-0.25, -0.2) is 4.98 Å². The van der Waals surface area contributed by atoms with Crippen molar-refractivity contribution >= 4 is 34.2 Å². The minimum Gasteiger partial charge on any atom is -0.325 e. The van der Waals surface area contributed by atoms with E-state index >= 15 is 0 Å². The Bertz CT molecular complexity index is 855. The topological polar surface area (TPSA) is 59.8 Å². The van der Waals surface area contributed by atoms with Crippen LogP contribution in [0, 0.1) is 6.92 Å². The number of halogens is 1. The highest BCUT2D eigenvalue weighted by atomic mass is 35.5. The number of anilines is 1. The first-order valence-electron chi connectivity index (χ1n) is 7.36. The molecule has 0 unspecified atom stereocenters. The Morgan fingerprint density at radius 1 is 1.30 bits per heavy atom. The van der Waals surface area contributed by atoms with Gasteiger partial charge in [-0.05, 0) is 37.1 Å². The number of carbonyl (C=O) groups excluding carboxylic acids is 1. The Balaban J connectivity index is 1.65. The molecule has 0 atom stereocenters. The van der Waals surface area contributed by atoms with Crippen LogP contribution in [0.5, 0.6) is 0 Å². The van der Waals surface area contributed by atoms with Gasteiger partial charge in [0.25, 0.3) is 0 Å². The summed E-state index contributed by atoms with van der Waals surface area (Å²) >= 11 is 5.85. The van der Waals surface area contributed by atoms with Crippen LogP contribution >= 0.6 is 11.6 Å². The van der Waals surface area contributed by atoms with Crippen molar-refractivity contribution in [3.8, 4) is 0 Å². The van der Waals surface area contributed by atoms with E-state index in [1.165, 1.54) is 0 Å². The molecule has 0 spiro atoms. The number of amides is 1. The van der Waals surface area contributed by atoms with Gasteiger partial charge < -0.3 is 5.32 Å². The summed E-state index contributed by atoms with van der Waals surface area (Å²) in [5, 5.41) is 8.86. The van der Waals surface area contributed by atoms with Crippen LogP contribution in [0.25, 0.3) is 11.0 Å². The lowest BCUT2D eigenvalue weighted by Crippen LogP contribution is -2.12. The lowest BCUT2D eigenvalue weighted by atomic mass is 10.1. The summed E-state index contributed by atoms with van der Waals surface area (Å²) in [5.41, 5.74) is 3.48. The number of pyridine rings is 1. The number of fused-ring (bicyclic) bond motifs is 1. The van der Waals surface area contributed by atoms with Crippen molar-refractivity contribution in [2.45, 2.75) is 19.8 Å². The van der Waals surface area contributed by atoms with Gasteiger partial charge in [-0.3, -0.25) is 9.48 Å². The summed E-state index contributed by atoms with van der Waals surface area (Å²) < 4.78 is 1.73. The zero-order chi connectivity index (χ0) is 16.4. The van der Waals surface area contributed by atoms with Crippen LogP contribution in [0.2, 0.25) is 5.02 Å². The monoisotopic (exact) mass is 328 g/mol. The number of aryl methyl sites for hydroxylation is 3. The number of hydrogen-bond donors (Lipinski definition) is 1. The molecule has 0 aliphatic heterocycles. The van der Waals surface area contributed by atoms with Gasteiger partial charge in [0.1, 0.15) is 0 Å². The number of benzene rings is 1. The molecule has 1 aromatic carbocycles. The second-order valence-corrected chi connectivity index (χ2v) is 5.92. The Morgan fingerprint density at radius 2 is 2.04 bits per heavy atom. The standard InChI is InChI=1S/C17H17ClN4O/c1-11-15-9-14(10-19-17(15)22(2)21-11)20-16(23)8-5-12-3-6-13(18)7-4-12/h3-4,6-7,9-10H,5,8H2,1-2H3,(H,20,23). The van der Waals surface area contributed by atoms with Gasteiger partial charge in [-0.2, -0.15) is 5.10 Å². The molecule has 118 valence electrons. The van der Waals surface area contributed by atoms with Crippen LogP contribution in [0.4, 0.5) is 5.69 Å². The molecule has 0 radical (unpaired) electrons. The number of hydrogen-bond acceptors (Lipinski definition) is 3. The first-order valence-corrected chi connectivity index (χ1v) is 7.74. The minimum atomic E-state index is -0.0392. The molecular formula is C17H17ClN4O. The molecule has 2 heterocycles. The van der Waals surface area contributed by atoms with Gasteiger partial charge in [0.2, 0.25) is 5.91 Å². The van der Waals surface area contributed by atoms with Crippen molar-refractivity contribution < 1.29 is 4.79 Å². The van der Waals surface area contributed by atoms with E-state index in [1.807, 2.05) is 44.3 Å². The van der Waals surface area contributed by atoms with E-state index in [0.29, 0.717) is 23.6 Å². The normalized spacial score (nSPS) is 10.9. The molecule has 1 N–H and O–H groups in total. The summed E-state index contributed by atoms with van der Waals surface area (Å²) in [6, 6.07) is 9.44. The fourth-order valence-electron chi connectivity index (χ4n) is 2.51. The van der Waals surface area contributed by atoms with Gasteiger partial charge in [-0.15, -0.1) is 0 Å². The van der Waals surface area contributed by atoms with Gasteiger partial charge in [-0.1, -0.05) is 23.7 Å². The quantitative estimate of drug-likeness (QED) is 0.797. The fourth-order valence-corrected chi connectivity index (χ4v) is 2.63. The molecule has 3 aromatic rings. The molecule has 2 aromatic heterocycles. The van der Waals surface area contributed by atoms with Crippen LogP contribution in [0.15, 0.2) is 36.5 Å². The van der Waals surface area contributed by atoms with Gasteiger partial charge >= 0.3 is 0 Å². The molecule has 5 nitrogen and oxygen atoms in total. The van der Waals surface area contributed by atoms with Crippen LogP contribution in [0.3, 0.4) is 0 Å². The Hall–Kier alpha value is -2.40. The van der Waals surface area contributed by atoms with Crippen molar-refractivity contribution in [1.29, 1.82) is 0 Å². The molecule has 1 amide bonds. The van der Waals surface area contributed by atoms with Crippen molar-refractivity contribution in [3.63, 3.8) is 0 Å². The molecule has 0 saturated carbocycles. The summed E-state index contributed by atoms with van der Waals surface area (Å²) in [4.78, 5) is 16.4. The molecule has 0 fully saturated rings. The van der Waals surface area contributed by atoms with E-state index in [0.717, 1.165) is 22.3 Å². The largest absolute Gasteiger partial charge is 0.325 e. The predicted molar refractivity (Wildman–Crippen MR) is 91.6 cm³/mol. The first kappa shape index (κ1) is 15.5. The maximum atomic E-state index is 12.1. The highest BCUT2D eigenvalue weighted by molar-refractivity contribution is 6.30. The smallest absolute Gasteiger partial charge is 0.224 e. The van der Waals surface area contributed by atoms with Crippen LogP contribution < -0.4 is 5.32 Å². The number of nitrogens with zero attached hydrogens (tertiary/aromatic N) is 3. The molecule has 6 heteroatoms. The van der Waals surface area contributed by atoms with Crippen molar-refractivity contribution in [2.24, 2.45) is 7.05 Å².